The van der Waals surface area contributed by atoms with E-state index in [2.05, 4.69) is 10.4 Å². The normalized spacial score (nSPS) is 11.5. The molecule has 0 aliphatic carbocycles. The van der Waals surface area contributed by atoms with Crippen molar-refractivity contribution in [1.82, 2.24) is 15.1 Å². The van der Waals surface area contributed by atoms with Gasteiger partial charge in [-0.3, -0.25) is 4.79 Å². The highest BCUT2D eigenvalue weighted by molar-refractivity contribution is 5.94. The Morgan fingerprint density at radius 2 is 2.10 bits per heavy atom. The van der Waals surface area contributed by atoms with Gasteiger partial charge in [-0.25, -0.2) is 4.68 Å². The minimum Gasteiger partial charge on any atom is -0.352 e. The van der Waals surface area contributed by atoms with E-state index in [4.69, 9.17) is 5.73 Å². The molecule has 108 valence electrons. The molecule has 1 unspecified atom stereocenters. The second kappa shape index (κ2) is 7.67. The molecule has 2 rings (SSSR count). The lowest BCUT2D eigenvalue weighted by Crippen LogP contribution is -2.28. The fourth-order valence-corrected chi connectivity index (χ4v) is 1.70. The number of benzene rings is 1. The van der Waals surface area contributed by atoms with Crippen LogP contribution in [0.2, 0.25) is 0 Å². The Hall–Kier alpha value is -1.85. The molecule has 0 saturated carbocycles. The molecule has 0 spiro atoms. The number of nitrogens with one attached hydrogen (secondary N) is 1. The molecule has 6 heteroatoms. The van der Waals surface area contributed by atoms with Gasteiger partial charge in [-0.1, -0.05) is 0 Å². The smallest absolute Gasteiger partial charge is 0.251 e. The van der Waals surface area contributed by atoms with Gasteiger partial charge in [-0.15, -0.1) is 12.4 Å². The van der Waals surface area contributed by atoms with Gasteiger partial charge < -0.3 is 11.1 Å². The summed E-state index contributed by atoms with van der Waals surface area (Å²) in [6.07, 6.45) is 4.35. The van der Waals surface area contributed by atoms with Crippen LogP contribution in [0.15, 0.2) is 42.7 Å². The molecule has 1 aromatic heterocycles. The third-order valence-corrected chi connectivity index (χ3v) is 2.78. The number of halogens is 1. The zero-order valence-corrected chi connectivity index (χ0v) is 12.1. The van der Waals surface area contributed by atoms with Gasteiger partial charge in [0.25, 0.3) is 5.91 Å². The summed E-state index contributed by atoms with van der Waals surface area (Å²) in [6, 6.07) is 9.27. The summed E-state index contributed by atoms with van der Waals surface area (Å²) in [4.78, 5) is 11.8. The summed E-state index contributed by atoms with van der Waals surface area (Å²) in [6.45, 7) is 2.52. The summed E-state index contributed by atoms with van der Waals surface area (Å²) in [5, 5.41) is 6.98. The third-order valence-electron chi connectivity index (χ3n) is 2.78. The number of rotatable bonds is 5. The van der Waals surface area contributed by atoms with Crippen LogP contribution in [0.25, 0.3) is 5.69 Å². The standard InChI is InChI=1S/C14H18N4O.ClH/c1-11(15)7-9-16-14(19)12-3-5-13(6-4-12)18-10-2-8-17-18;/h2-6,8,10-11H,7,9,15H2,1H3,(H,16,19);1H. The number of nitrogens with zero attached hydrogens (tertiary/aromatic N) is 2. The van der Waals surface area contributed by atoms with Crippen molar-refractivity contribution in [3.8, 4) is 5.69 Å². The Morgan fingerprint density at radius 1 is 1.40 bits per heavy atom. The number of carbonyl (C=O) groups is 1. The van der Waals surface area contributed by atoms with E-state index in [1.54, 1.807) is 23.0 Å². The van der Waals surface area contributed by atoms with Gasteiger partial charge in [0, 0.05) is 30.5 Å². The SMILES string of the molecule is CC(N)CCNC(=O)c1ccc(-n2cccn2)cc1.Cl. The monoisotopic (exact) mass is 294 g/mol. The van der Waals surface area contributed by atoms with Gasteiger partial charge in [-0.2, -0.15) is 5.10 Å². The highest BCUT2D eigenvalue weighted by Crippen LogP contribution is 2.08. The maximum atomic E-state index is 11.8. The van der Waals surface area contributed by atoms with Crippen LogP contribution >= 0.6 is 12.4 Å². The Bertz CT molecular complexity index is 523. The molecular formula is C14H19ClN4O. The molecule has 0 fully saturated rings. The Morgan fingerprint density at radius 3 is 2.65 bits per heavy atom. The first-order chi connectivity index (χ1) is 9.16. The molecule has 20 heavy (non-hydrogen) atoms. The Balaban J connectivity index is 0.00000200. The van der Waals surface area contributed by atoms with Crippen LogP contribution in [-0.2, 0) is 0 Å². The van der Waals surface area contributed by atoms with Gasteiger partial charge in [0.05, 0.1) is 5.69 Å². The van der Waals surface area contributed by atoms with Gasteiger partial charge in [-0.05, 0) is 43.7 Å². The number of nitrogens with two attached hydrogens (primary N) is 1. The van der Waals surface area contributed by atoms with Crippen LogP contribution in [0.3, 0.4) is 0 Å². The highest BCUT2D eigenvalue weighted by Gasteiger charge is 2.05. The molecule has 2 aromatic rings. The molecule has 1 heterocycles. The van der Waals surface area contributed by atoms with Crippen LogP contribution in [0.5, 0.6) is 0 Å². The lowest BCUT2D eigenvalue weighted by molar-refractivity contribution is 0.0953. The maximum absolute atomic E-state index is 11.8. The molecule has 0 aliphatic rings. The van der Waals surface area contributed by atoms with Crippen LogP contribution in [0.1, 0.15) is 23.7 Å². The van der Waals surface area contributed by atoms with Crippen LogP contribution < -0.4 is 11.1 Å². The van der Waals surface area contributed by atoms with E-state index in [-0.39, 0.29) is 24.4 Å². The lowest BCUT2D eigenvalue weighted by Gasteiger charge is -2.08. The average molecular weight is 295 g/mol. The van der Waals surface area contributed by atoms with Crippen molar-refractivity contribution in [3.63, 3.8) is 0 Å². The summed E-state index contributed by atoms with van der Waals surface area (Å²) in [7, 11) is 0. The minimum absolute atomic E-state index is 0. The first-order valence-electron chi connectivity index (χ1n) is 6.30. The molecule has 1 amide bonds. The number of hydrogen-bond acceptors (Lipinski definition) is 3. The van der Waals surface area contributed by atoms with E-state index in [0.717, 1.165) is 12.1 Å². The van der Waals surface area contributed by atoms with Crippen molar-refractivity contribution < 1.29 is 4.79 Å². The quantitative estimate of drug-likeness (QED) is 0.882. The van der Waals surface area contributed by atoms with E-state index in [9.17, 15) is 4.79 Å². The first-order valence-corrected chi connectivity index (χ1v) is 6.30. The van der Waals surface area contributed by atoms with Crippen molar-refractivity contribution in [2.75, 3.05) is 6.54 Å². The molecular weight excluding hydrogens is 276 g/mol. The molecule has 0 saturated heterocycles. The zero-order valence-electron chi connectivity index (χ0n) is 11.3. The number of aromatic nitrogens is 2. The molecule has 5 nitrogen and oxygen atoms in total. The van der Waals surface area contributed by atoms with Crippen molar-refractivity contribution >= 4 is 18.3 Å². The molecule has 1 atom stereocenters. The number of carbonyl (C=O) groups excluding carboxylic acids is 1. The van der Waals surface area contributed by atoms with Crippen LogP contribution in [0.4, 0.5) is 0 Å². The molecule has 0 aliphatic heterocycles. The Labute approximate surface area is 124 Å². The summed E-state index contributed by atoms with van der Waals surface area (Å²) in [5.74, 6) is -0.0762. The molecule has 0 radical (unpaired) electrons. The summed E-state index contributed by atoms with van der Waals surface area (Å²) in [5.41, 5.74) is 7.20. The van der Waals surface area contributed by atoms with Gasteiger partial charge in [0.2, 0.25) is 0 Å². The fraction of sp³-hybridized carbons (Fsp3) is 0.286. The summed E-state index contributed by atoms with van der Waals surface area (Å²) < 4.78 is 1.75. The van der Waals surface area contributed by atoms with E-state index in [1.165, 1.54) is 0 Å². The van der Waals surface area contributed by atoms with Gasteiger partial charge in [0.15, 0.2) is 0 Å². The van der Waals surface area contributed by atoms with Crippen molar-refractivity contribution in [1.29, 1.82) is 0 Å². The highest BCUT2D eigenvalue weighted by atomic mass is 35.5. The topological polar surface area (TPSA) is 72.9 Å². The molecule has 1 aromatic carbocycles. The second-order valence-electron chi connectivity index (χ2n) is 4.52. The van der Waals surface area contributed by atoms with Crippen molar-refractivity contribution in [2.45, 2.75) is 19.4 Å². The van der Waals surface area contributed by atoms with E-state index >= 15 is 0 Å². The van der Waals surface area contributed by atoms with E-state index in [1.807, 2.05) is 31.3 Å². The van der Waals surface area contributed by atoms with E-state index < -0.39 is 0 Å². The van der Waals surface area contributed by atoms with Crippen molar-refractivity contribution in [3.05, 3.63) is 48.3 Å². The first kappa shape index (κ1) is 16.2. The summed E-state index contributed by atoms with van der Waals surface area (Å²) >= 11 is 0. The fourth-order valence-electron chi connectivity index (χ4n) is 1.70. The largest absolute Gasteiger partial charge is 0.352 e. The second-order valence-corrected chi connectivity index (χ2v) is 4.52. The molecule has 0 bridgehead atoms. The van der Waals surface area contributed by atoms with Crippen LogP contribution in [0, 0.1) is 0 Å². The predicted molar refractivity (Wildman–Crippen MR) is 81.4 cm³/mol. The minimum atomic E-state index is -0.0762. The van der Waals surface area contributed by atoms with Gasteiger partial charge in [0.1, 0.15) is 0 Å². The maximum Gasteiger partial charge on any atom is 0.251 e. The van der Waals surface area contributed by atoms with E-state index in [0.29, 0.717) is 12.1 Å². The predicted octanol–water partition coefficient (Wildman–Crippen LogP) is 1.76. The third kappa shape index (κ3) is 4.36. The zero-order chi connectivity index (χ0) is 13.7. The lowest BCUT2D eigenvalue weighted by atomic mass is 10.2. The van der Waals surface area contributed by atoms with Gasteiger partial charge >= 0.3 is 0 Å². The number of hydrogen-bond donors (Lipinski definition) is 2. The number of amides is 1. The van der Waals surface area contributed by atoms with Crippen molar-refractivity contribution in [2.24, 2.45) is 5.73 Å². The Kier molecular flexibility index (Phi) is 6.21. The average Bonchev–Trinajstić information content (AvgIpc) is 2.92. The van der Waals surface area contributed by atoms with Crippen LogP contribution in [-0.4, -0.2) is 28.3 Å². The molecule has 3 N–H and O–H groups in total.